The summed E-state index contributed by atoms with van der Waals surface area (Å²) in [6.07, 6.45) is 0. The number of anilines is 1. The van der Waals surface area contributed by atoms with Crippen molar-refractivity contribution in [2.75, 3.05) is 32.6 Å². The third-order valence-electron chi connectivity index (χ3n) is 4.92. The molecule has 2 atom stereocenters. The summed E-state index contributed by atoms with van der Waals surface area (Å²) in [4.78, 5) is 26.9. The maximum Gasteiger partial charge on any atom is 0.237 e. The highest BCUT2D eigenvalue weighted by Crippen LogP contribution is 2.38. The van der Waals surface area contributed by atoms with Gasteiger partial charge in [0.25, 0.3) is 0 Å². The first kappa shape index (κ1) is 20.6. The summed E-state index contributed by atoms with van der Waals surface area (Å²) in [5, 5.41) is 2.35. The molecule has 1 heterocycles. The number of hydrogen-bond donors (Lipinski definition) is 1. The number of halogens is 2. The molecule has 0 radical (unpaired) electrons. The molecule has 2 aromatic rings. The molecule has 2 unspecified atom stereocenters. The van der Waals surface area contributed by atoms with E-state index in [-0.39, 0.29) is 5.69 Å². The number of nitrogens with one attached hydrogen (secondary N) is 1. The molecule has 0 spiro atoms. The van der Waals surface area contributed by atoms with Crippen LogP contribution in [0.3, 0.4) is 0 Å². The second kappa shape index (κ2) is 8.46. The van der Waals surface area contributed by atoms with E-state index in [2.05, 4.69) is 5.32 Å². The van der Waals surface area contributed by atoms with E-state index in [1.165, 1.54) is 24.1 Å². The molecule has 0 saturated carbocycles. The average molecular weight is 404 g/mol. The topological polar surface area (TPSA) is 67.9 Å². The van der Waals surface area contributed by atoms with Crippen LogP contribution in [0.5, 0.6) is 11.5 Å². The molecule has 29 heavy (non-hydrogen) atoms. The van der Waals surface area contributed by atoms with E-state index >= 15 is 0 Å². The van der Waals surface area contributed by atoms with Crippen molar-refractivity contribution in [1.82, 2.24) is 4.90 Å². The van der Waals surface area contributed by atoms with Gasteiger partial charge in [-0.3, -0.25) is 9.59 Å². The van der Waals surface area contributed by atoms with Gasteiger partial charge in [0.15, 0.2) is 23.1 Å². The van der Waals surface area contributed by atoms with Gasteiger partial charge in [-0.2, -0.15) is 0 Å². The van der Waals surface area contributed by atoms with Crippen LogP contribution in [0.4, 0.5) is 14.5 Å². The molecule has 1 aliphatic rings. The third kappa shape index (κ3) is 4.01. The van der Waals surface area contributed by atoms with E-state index < -0.39 is 35.3 Å². The lowest BCUT2D eigenvalue weighted by molar-refractivity contribution is -0.135. The van der Waals surface area contributed by atoms with Gasteiger partial charge in [-0.05, 0) is 36.8 Å². The van der Waals surface area contributed by atoms with E-state index in [1.807, 2.05) is 6.92 Å². The molecule has 1 aliphatic heterocycles. The van der Waals surface area contributed by atoms with E-state index in [0.29, 0.717) is 30.2 Å². The monoisotopic (exact) mass is 404 g/mol. The molecule has 2 aromatic carbocycles. The number of methoxy groups -OCH3 is 1. The Hall–Kier alpha value is -3.16. The minimum absolute atomic E-state index is 0.305. The second-order valence-corrected chi connectivity index (χ2v) is 6.74. The predicted octanol–water partition coefficient (Wildman–Crippen LogP) is 3.18. The van der Waals surface area contributed by atoms with Crippen LogP contribution in [0.25, 0.3) is 0 Å². The molecule has 6 nitrogen and oxygen atoms in total. The van der Waals surface area contributed by atoms with Crippen LogP contribution >= 0.6 is 0 Å². The van der Waals surface area contributed by atoms with Crippen molar-refractivity contribution in [3.8, 4) is 11.5 Å². The summed E-state index contributed by atoms with van der Waals surface area (Å²) in [6.45, 7) is 2.56. The lowest BCUT2D eigenvalue weighted by atomic mass is 9.87. The van der Waals surface area contributed by atoms with E-state index in [9.17, 15) is 18.4 Å². The zero-order chi connectivity index (χ0) is 21.1. The highest BCUT2D eigenvalue weighted by Gasteiger charge is 2.44. The highest BCUT2D eigenvalue weighted by atomic mass is 19.2. The molecule has 1 N–H and O–H groups in total. The van der Waals surface area contributed by atoms with Crippen molar-refractivity contribution in [3.63, 3.8) is 0 Å². The Bertz CT molecular complexity index is 935. The first-order valence-electron chi connectivity index (χ1n) is 9.18. The largest absolute Gasteiger partial charge is 0.493 e. The Morgan fingerprint density at radius 2 is 2.00 bits per heavy atom. The maximum absolute atomic E-state index is 13.9. The standard InChI is InChI=1S/C21H22F2N2O4/c1-4-29-17-10-12(8-9-16(17)28-3)13-11-25(2)21(27)18(13)20(26)24-15-7-5-6-14(22)19(15)23/h5-10,13,18H,4,11H2,1-3H3,(H,24,26). The minimum Gasteiger partial charge on any atom is -0.493 e. The number of likely N-dealkylation sites (N-methyl/N-ethyl adjacent to an activating group) is 1. The Labute approximate surface area is 167 Å². The van der Waals surface area contributed by atoms with Crippen LogP contribution in [0.15, 0.2) is 36.4 Å². The molecule has 0 bridgehead atoms. The zero-order valence-electron chi connectivity index (χ0n) is 16.4. The van der Waals surface area contributed by atoms with Crippen molar-refractivity contribution in [3.05, 3.63) is 53.6 Å². The van der Waals surface area contributed by atoms with Crippen molar-refractivity contribution in [2.24, 2.45) is 5.92 Å². The van der Waals surface area contributed by atoms with Gasteiger partial charge in [-0.1, -0.05) is 12.1 Å². The molecular weight excluding hydrogens is 382 g/mol. The van der Waals surface area contributed by atoms with Crippen molar-refractivity contribution >= 4 is 17.5 Å². The van der Waals surface area contributed by atoms with Gasteiger partial charge < -0.3 is 19.7 Å². The van der Waals surface area contributed by atoms with Crippen molar-refractivity contribution in [1.29, 1.82) is 0 Å². The second-order valence-electron chi connectivity index (χ2n) is 6.74. The highest BCUT2D eigenvalue weighted by molar-refractivity contribution is 6.08. The fourth-order valence-corrected chi connectivity index (χ4v) is 3.50. The van der Waals surface area contributed by atoms with Gasteiger partial charge in [0.05, 0.1) is 19.4 Å². The van der Waals surface area contributed by atoms with Crippen LogP contribution < -0.4 is 14.8 Å². The Balaban J connectivity index is 1.92. The molecule has 8 heteroatoms. The molecule has 1 saturated heterocycles. The first-order valence-corrected chi connectivity index (χ1v) is 9.18. The Morgan fingerprint density at radius 3 is 2.69 bits per heavy atom. The van der Waals surface area contributed by atoms with E-state index in [0.717, 1.165) is 6.07 Å². The van der Waals surface area contributed by atoms with Crippen LogP contribution in [0, 0.1) is 17.6 Å². The number of amides is 2. The lowest BCUT2D eigenvalue weighted by Crippen LogP contribution is -2.33. The predicted molar refractivity (Wildman–Crippen MR) is 103 cm³/mol. The number of nitrogens with zero attached hydrogens (tertiary/aromatic N) is 1. The molecule has 154 valence electrons. The summed E-state index contributed by atoms with van der Waals surface area (Å²) in [5.41, 5.74) is 0.410. The van der Waals surface area contributed by atoms with Gasteiger partial charge in [0, 0.05) is 19.5 Å². The first-order chi connectivity index (χ1) is 13.9. The number of hydrogen-bond acceptors (Lipinski definition) is 4. The summed E-state index contributed by atoms with van der Waals surface area (Å²) >= 11 is 0. The smallest absolute Gasteiger partial charge is 0.237 e. The molecule has 3 rings (SSSR count). The lowest BCUT2D eigenvalue weighted by Gasteiger charge is -2.19. The Morgan fingerprint density at radius 1 is 1.24 bits per heavy atom. The molecule has 2 amide bonds. The fourth-order valence-electron chi connectivity index (χ4n) is 3.50. The SMILES string of the molecule is CCOc1cc(C2CN(C)C(=O)C2C(=O)Nc2cccc(F)c2F)ccc1OC. The fraction of sp³-hybridized carbons (Fsp3) is 0.333. The van der Waals surface area contributed by atoms with Crippen LogP contribution in [0.2, 0.25) is 0 Å². The summed E-state index contributed by atoms with van der Waals surface area (Å²) in [6, 6.07) is 8.70. The number of likely N-dealkylation sites (tertiary alicyclic amines) is 1. The molecular formula is C21H22F2N2O4. The van der Waals surface area contributed by atoms with E-state index in [4.69, 9.17) is 9.47 Å². The Kier molecular flexibility index (Phi) is 6.00. The van der Waals surface area contributed by atoms with Gasteiger partial charge in [-0.25, -0.2) is 8.78 Å². The zero-order valence-corrected chi connectivity index (χ0v) is 16.4. The summed E-state index contributed by atoms with van der Waals surface area (Å²) in [7, 11) is 3.12. The summed E-state index contributed by atoms with van der Waals surface area (Å²) in [5.74, 6) is -3.84. The third-order valence-corrected chi connectivity index (χ3v) is 4.92. The number of carbonyl (C=O) groups excluding carboxylic acids is 2. The quantitative estimate of drug-likeness (QED) is 0.751. The number of carbonyl (C=O) groups is 2. The van der Waals surface area contributed by atoms with Gasteiger partial charge in [0.2, 0.25) is 11.8 Å². The maximum atomic E-state index is 13.9. The molecule has 0 aliphatic carbocycles. The van der Waals surface area contributed by atoms with Crippen LogP contribution in [-0.2, 0) is 9.59 Å². The number of benzene rings is 2. The number of rotatable bonds is 6. The molecule has 1 fully saturated rings. The average Bonchev–Trinajstić information content (AvgIpc) is 3.00. The minimum atomic E-state index is -1.17. The van der Waals surface area contributed by atoms with Gasteiger partial charge in [-0.15, -0.1) is 0 Å². The van der Waals surface area contributed by atoms with Crippen LogP contribution in [-0.4, -0.2) is 44.0 Å². The van der Waals surface area contributed by atoms with Crippen molar-refractivity contribution in [2.45, 2.75) is 12.8 Å². The molecule has 0 aromatic heterocycles. The normalized spacial score (nSPS) is 18.7. The number of ether oxygens (including phenoxy) is 2. The van der Waals surface area contributed by atoms with Crippen LogP contribution in [0.1, 0.15) is 18.4 Å². The van der Waals surface area contributed by atoms with Gasteiger partial charge >= 0.3 is 0 Å². The van der Waals surface area contributed by atoms with Gasteiger partial charge in [0.1, 0.15) is 5.92 Å². The van der Waals surface area contributed by atoms with E-state index in [1.54, 1.807) is 25.2 Å². The van der Waals surface area contributed by atoms with Crippen molar-refractivity contribution < 1.29 is 27.8 Å². The summed E-state index contributed by atoms with van der Waals surface area (Å²) < 4.78 is 38.3.